The molecule has 0 N–H and O–H groups in total. The van der Waals surface area contributed by atoms with E-state index in [1.165, 1.54) is 49.8 Å². The van der Waals surface area contributed by atoms with Crippen molar-refractivity contribution in [2.45, 2.75) is 62.9 Å². The zero-order chi connectivity index (χ0) is 18.7. The lowest BCUT2D eigenvalue weighted by Crippen LogP contribution is -2.56. The van der Waals surface area contributed by atoms with E-state index in [1.807, 2.05) is 12.2 Å². The van der Waals surface area contributed by atoms with Gasteiger partial charge in [-0.2, -0.15) is 0 Å². The molecule has 0 aromatic heterocycles. The van der Waals surface area contributed by atoms with Gasteiger partial charge in [-0.25, -0.2) is 0 Å². The van der Waals surface area contributed by atoms with Gasteiger partial charge in [0.25, 0.3) is 0 Å². The van der Waals surface area contributed by atoms with E-state index in [1.54, 1.807) is 11.6 Å². The van der Waals surface area contributed by atoms with E-state index in [0.29, 0.717) is 11.8 Å². The van der Waals surface area contributed by atoms with Crippen molar-refractivity contribution in [2.75, 3.05) is 0 Å². The molecule has 3 aliphatic carbocycles. The highest BCUT2D eigenvalue weighted by atomic mass is 16.1. The van der Waals surface area contributed by atoms with Gasteiger partial charge in [0.1, 0.15) is 5.66 Å². The number of rotatable bonds is 1. The highest BCUT2D eigenvalue weighted by Gasteiger charge is 2.58. The number of nitrogens with zero attached hydrogens (tertiary/aromatic N) is 2. The smallest absolute Gasteiger partial charge is 0.180 e. The first-order valence-corrected chi connectivity index (χ1v) is 10.9. The van der Waals surface area contributed by atoms with Crippen molar-refractivity contribution in [3.63, 3.8) is 0 Å². The quantitative estimate of drug-likeness (QED) is 0.630. The Balaban J connectivity index is 1.61. The molecule has 3 nitrogen and oxygen atoms in total. The molecule has 3 heteroatoms. The molecular formula is C25H26N2O. The standard InChI is InChI=1S/C25H26N2O/c28-18-13-14-21-23(16-18)27-22-12-5-4-10-19(22)24(17-8-2-1-3-9-17)20-11-6-7-15-25(20,27)26-21/h1-3,8-9,13-14,16,20,24H,4-7,10-12,15H2/t20-,24+,25-/m0/s1. The van der Waals surface area contributed by atoms with Gasteiger partial charge in [0.15, 0.2) is 5.78 Å². The Hall–Kier alpha value is -2.42. The highest BCUT2D eigenvalue weighted by Crippen LogP contribution is 2.60. The van der Waals surface area contributed by atoms with Crippen molar-refractivity contribution < 1.29 is 4.79 Å². The van der Waals surface area contributed by atoms with Gasteiger partial charge in [0.2, 0.25) is 0 Å². The predicted molar refractivity (Wildman–Crippen MR) is 111 cm³/mol. The number of hydrogen-bond donors (Lipinski definition) is 0. The summed E-state index contributed by atoms with van der Waals surface area (Å²) in [5.41, 5.74) is 6.47. The lowest BCUT2D eigenvalue weighted by atomic mass is 9.62. The molecule has 3 atom stereocenters. The molecule has 1 spiro atoms. The van der Waals surface area contributed by atoms with E-state index in [-0.39, 0.29) is 11.4 Å². The third-order valence-electron chi connectivity index (χ3n) is 7.48. The zero-order valence-electron chi connectivity index (χ0n) is 16.2. The maximum absolute atomic E-state index is 12.2. The van der Waals surface area contributed by atoms with Crippen LogP contribution < -0.4 is 0 Å². The Labute approximate surface area is 166 Å². The fraction of sp³-hybridized carbons (Fsp3) is 0.440. The van der Waals surface area contributed by atoms with Crippen LogP contribution in [0.25, 0.3) is 0 Å². The summed E-state index contributed by atoms with van der Waals surface area (Å²) in [6, 6.07) is 11.1. The monoisotopic (exact) mass is 370 g/mol. The minimum Gasteiger partial charge on any atom is -0.318 e. The second-order valence-electron chi connectivity index (χ2n) is 8.90. The first-order valence-electron chi connectivity index (χ1n) is 10.9. The summed E-state index contributed by atoms with van der Waals surface area (Å²) in [6.45, 7) is 0. The molecule has 1 saturated carbocycles. The maximum Gasteiger partial charge on any atom is 0.180 e. The predicted octanol–water partition coefficient (Wildman–Crippen LogP) is 5.28. The Kier molecular flexibility index (Phi) is 3.56. The molecule has 142 valence electrons. The SMILES string of the molecule is O=C1C=CC2=N[C@]34CCCC[C@H]3[C@H](c3ccccc3)C3=C(CCCC3)N4C2=C1. The summed E-state index contributed by atoms with van der Waals surface area (Å²) in [5.74, 6) is 1.06. The van der Waals surface area contributed by atoms with E-state index in [0.717, 1.165) is 24.3 Å². The van der Waals surface area contributed by atoms with E-state index in [9.17, 15) is 4.79 Å². The van der Waals surface area contributed by atoms with Crippen molar-refractivity contribution >= 4 is 11.5 Å². The van der Waals surface area contributed by atoms with Gasteiger partial charge in [0, 0.05) is 23.6 Å². The van der Waals surface area contributed by atoms with Gasteiger partial charge < -0.3 is 4.90 Å². The van der Waals surface area contributed by atoms with Crippen LogP contribution in [0.15, 0.2) is 70.5 Å². The fourth-order valence-electron chi connectivity index (χ4n) is 6.48. The number of fused-ring (bicyclic) bond motifs is 3. The van der Waals surface area contributed by atoms with Crippen LogP contribution in [0.5, 0.6) is 0 Å². The minimum atomic E-state index is -0.189. The van der Waals surface area contributed by atoms with Gasteiger partial charge in [-0.3, -0.25) is 9.79 Å². The molecular weight excluding hydrogens is 344 g/mol. The van der Waals surface area contributed by atoms with Crippen molar-refractivity contribution in [1.82, 2.24) is 4.90 Å². The molecule has 1 fully saturated rings. The van der Waals surface area contributed by atoms with Gasteiger partial charge in [-0.05, 0) is 68.2 Å². The van der Waals surface area contributed by atoms with Crippen LogP contribution in [0, 0.1) is 5.92 Å². The summed E-state index contributed by atoms with van der Waals surface area (Å²) in [4.78, 5) is 20.2. The second kappa shape index (κ2) is 6.04. The van der Waals surface area contributed by atoms with Crippen molar-refractivity contribution in [3.05, 3.63) is 71.1 Å². The molecule has 0 unspecified atom stereocenters. The summed E-state index contributed by atoms with van der Waals surface area (Å²) in [5, 5.41) is 0. The molecule has 0 bridgehead atoms. The molecule has 6 rings (SSSR count). The molecule has 1 aromatic carbocycles. The van der Waals surface area contributed by atoms with E-state index in [2.05, 4.69) is 35.2 Å². The van der Waals surface area contributed by atoms with Gasteiger partial charge >= 0.3 is 0 Å². The second-order valence-corrected chi connectivity index (χ2v) is 8.90. The third-order valence-corrected chi connectivity index (χ3v) is 7.48. The number of carbonyl (C=O) groups excluding carboxylic acids is 1. The summed E-state index contributed by atoms with van der Waals surface area (Å²) < 4.78 is 0. The van der Waals surface area contributed by atoms with Crippen LogP contribution in [0.1, 0.15) is 62.8 Å². The summed E-state index contributed by atoms with van der Waals surface area (Å²) >= 11 is 0. The van der Waals surface area contributed by atoms with Crippen LogP contribution in [0.2, 0.25) is 0 Å². The molecule has 5 aliphatic rings. The van der Waals surface area contributed by atoms with Crippen LogP contribution in [0.4, 0.5) is 0 Å². The highest BCUT2D eigenvalue weighted by molar-refractivity contribution is 6.20. The number of allylic oxidation sites excluding steroid dienone is 5. The van der Waals surface area contributed by atoms with Crippen molar-refractivity contribution in [1.29, 1.82) is 0 Å². The van der Waals surface area contributed by atoms with Crippen molar-refractivity contribution in [3.8, 4) is 0 Å². The van der Waals surface area contributed by atoms with E-state index >= 15 is 0 Å². The number of benzene rings is 1. The molecule has 0 saturated heterocycles. The third kappa shape index (κ3) is 2.16. The Morgan fingerprint density at radius 2 is 1.86 bits per heavy atom. The first-order chi connectivity index (χ1) is 13.8. The zero-order valence-corrected chi connectivity index (χ0v) is 16.2. The average molecular weight is 370 g/mol. The number of carbonyl (C=O) groups is 1. The van der Waals surface area contributed by atoms with Crippen LogP contribution >= 0.6 is 0 Å². The van der Waals surface area contributed by atoms with Crippen LogP contribution in [0.3, 0.4) is 0 Å². The topological polar surface area (TPSA) is 32.7 Å². The number of ketones is 1. The van der Waals surface area contributed by atoms with Crippen LogP contribution in [-0.2, 0) is 4.79 Å². The first kappa shape index (κ1) is 16.5. The maximum atomic E-state index is 12.2. The van der Waals surface area contributed by atoms with Gasteiger partial charge in [-0.1, -0.05) is 36.8 Å². The van der Waals surface area contributed by atoms with E-state index in [4.69, 9.17) is 4.99 Å². The largest absolute Gasteiger partial charge is 0.318 e. The van der Waals surface area contributed by atoms with Crippen molar-refractivity contribution in [2.24, 2.45) is 10.9 Å². The molecule has 2 aliphatic heterocycles. The molecule has 28 heavy (non-hydrogen) atoms. The average Bonchev–Trinajstić information content (AvgIpc) is 3.06. The van der Waals surface area contributed by atoms with Crippen LogP contribution in [-0.4, -0.2) is 22.1 Å². The lowest BCUT2D eigenvalue weighted by molar-refractivity contribution is -0.110. The number of aliphatic imine (C=N–C) groups is 1. The van der Waals surface area contributed by atoms with E-state index < -0.39 is 0 Å². The Bertz CT molecular complexity index is 968. The molecule has 0 radical (unpaired) electrons. The molecule has 2 heterocycles. The lowest BCUT2D eigenvalue weighted by Gasteiger charge is -2.56. The Morgan fingerprint density at radius 3 is 2.75 bits per heavy atom. The number of hydrogen-bond acceptors (Lipinski definition) is 3. The Morgan fingerprint density at radius 1 is 1.00 bits per heavy atom. The summed E-state index contributed by atoms with van der Waals surface area (Å²) in [6.07, 6.45) is 15.1. The normalized spacial score (nSPS) is 33.6. The van der Waals surface area contributed by atoms with Gasteiger partial charge in [-0.15, -0.1) is 0 Å². The molecule has 1 aromatic rings. The molecule has 0 amide bonds. The van der Waals surface area contributed by atoms with Gasteiger partial charge in [0.05, 0.1) is 11.4 Å². The fourth-order valence-corrected chi connectivity index (χ4v) is 6.48. The minimum absolute atomic E-state index is 0.0986. The summed E-state index contributed by atoms with van der Waals surface area (Å²) in [7, 11) is 0.